The Morgan fingerprint density at radius 3 is 2.00 bits per heavy atom. The Bertz CT molecular complexity index is 720. The van der Waals surface area contributed by atoms with Gasteiger partial charge in [0.2, 0.25) is 0 Å². The van der Waals surface area contributed by atoms with Gasteiger partial charge in [0.25, 0.3) is 0 Å². The van der Waals surface area contributed by atoms with Gasteiger partial charge in [-0.2, -0.15) is 0 Å². The summed E-state index contributed by atoms with van der Waals surface area (Å²) in [5.41, 5.74) is 10.8. The van der Waals surface area contributed by atoms with Gasteiger partial charge in [-0.15, -0.1) is 0 Å². The van der Waals surface area contributed by atoms with Gasteiger partial charge in [-0.1, -0.05) is 78.3 Å². The van der Waals surface area contributed by atoms with Gasteiger partial charge in [-0.3, -0.25) is 0 Å². The van der Waals surface area contributed by atoms with Crippen LogP contribution in [-0.2, 0) is 0 Å². The molecule has 3 aromatic carbocycles. The number of nitrogens with two attached hydrogens (primary N) is 1. The van der Waals surface area contributed by atoms with Crippen LogP contribution in [0.25, 0.3) is 11.1 Å². The van der Waals surface area contributed by atoms with Crippen molar-refractivity contribution in [1.82, 2.24) is 0 Å². The topological polar surface area (TPSA) is 26.0 Å². The van der Waals surface area contributed by atoms with Gasteiger partial charge in [0.05, 0.1) is 6.04 Å². The third kappa shape index (κ3) is 3.15. The SMILES string of the molecule is NC(c1ccc(-c2ccccc2)cc1)c1cccc(Cl)c1. The summed E-state index contributed by atoms with van der Waals surface area (Å²) in [6.07, 6.45) is 0. The van der Waals surface area contributed by atoms with Crippen LogP contribution in [0.4, 0.5) is 0 Å². The summed E-state index contributed by atoms with van der Waals surface area (Å²) in [4.78, 5) is 0. The summed E-state index contributed by atoms with van der Waals surface area (Å²) >= 11 is 6.03. The zero-order valence-electron chi connectivity index (χ0n) is 11.5. The number of benzene rings is 3. The van der Waals surface area contributed by atoms with Crippen LogP contribution < -0.4 is 5.73 Å². The van der Waals surface area contributed by atoms with Crippen LogP contribution in [0.5, 0.6) is 0 Å². The second kappa shape index (κ2) is 6.13. The van der Waals surface area contributed by atoms with E-state index in [4.69, 9.17) is 17.3 Å². The molecule has 1 unspecified atom stereocenters. The largest absolute Gasteiger partial charge is 0.320 e. The maximum absolute atomic E-state index is 6.32. The summed E-state index contributed by atoms with van der Waals surface area (Å²) in [5, 5.41) is 0.712. The summed E-state index contributed by atoms with van der Waals surface area (Å²) in [6, 6.07) is 26.2. The van der Waals surface area contributed by atoms with Gasteiger partial charge in [-0.25, -0.2) is 0 Å². The van der Waals surface area contributed by atoms with E-state index in [1.807, 2.05) is 42.5 Å². The summed E-state index contributed by atoms with van der Waals surface area (Å²) in [6.45, 7) is 0. The second-order valence-electron chi connectivity index (χ2n) is 5.02. The van der Waals surface area contributed by atoms with Crippen molar-refractivity contribution in [3.8, 4) is 11.1 Å². The maximum Gasteiger partial charge on any atom is 0.0552 e. The molecule has 0 fully saturated rings. The summed E-state index contributed by atoms with van der Waals surface area (Å²) in [5.74, 6) is 0. The van der Waals surface area contributed by atoms with E-state index in [0.717, 1.165) is 11.1 Å². The first-order valence-corrected chi connectivity index (χ1v) is 7.28. The van der Waals surface area contributed by atoms with Gasteiger partial charge in [0.1, 0.15) is 0 Å². The zero-order valence-corrected chi connectivity index (χ0v) is 12.3. The minimum Gasteiger partial charge on any atom is -0.320 e. The van der Waals surface area contributed by atoms with E-state index in [2.05, 4.69) is 36.4 Å². The molecule has 1 nitrogen and oxygen atoms in total. The van der Waals surface area contributed by atoms with Crippen molar-refractivity contribution < 1.29 is 0 Å². The average Bonchev–Trinajstić information content (AvgIpc) is 2.55. The van der Waals surface area contributed by atoms with Crippen molar-refractivity contribution in [3.63, 3.8) is 0 Å². The zero-order chi connectivity index (χ0) is 14.7. The van der Waals surface area contributed by atoms with Gasteiger partial charge < -0.3 is 5.73 Å². The molecule has 3 rings (SSSR count). The molecule has 2 heteroatoms. The van der Waals surface area contributed by atoms with E-state index in [1.54, 1.807) is 0 Å². The van der Waals surface area contributed by atoms with Crippen LogP contribution in [-0.4, -0.2) is 0 Å². The van der Waals surface area contributed by atoms with Crippen molar-refractivity contribution in [3.05, 3.63) is 95.0 Å². The Morgan fingerprint density at radius 1 is 0.667 bits per heavy atom. The number of hydrogen-bond acceptors (Lipinski definition) is 1. The summed E-state index contributed by atoms with van der Waals surface area (Å²) in [7, 11) is 0. The van der Waals surface area contributed by atoms with Crippen LogP contribution in [0.15, 0.2) is 78.9 Å². The molecular weight excluding hydrogens is 278 g/mol. The summed E-state index contributed by atoms with van der Waals surface area (Å²) < 4.78 is 0. The first-order valence-electron chi connectivity index (χ1n) is 6.90. The van der Waals surface area contributed by atoms with Crippen LogP contribution in [0.3, 0.4) is 0 Å². The number of halogens is 1. The first-order chi connectivity index (χ1) is 10.2. The lowest BCUT2D eigenvalue weighted by Gasteiger charge is -2.13. The third-order valence-electron chi connectivity index (χ3n) is 3.58. The lowest BCUT2D eigenvalue weighted by Crippen LogP contribution is -2.11. The highest BCUT2D eigenvalue weighted by atomic mass is 35.5. The van der Waals surface area contributed by atoms with Crippen molar-refractivity contribution in [2.45, 2.75) is 6.04 Å². The molecule has 0 saturated carbocycles. The van der Waals surface area contributed by atoms with Crippen LogP contribution in [0.1, 0.15) is 17.2 Å². The van der Waals surface area contributed by atoms with Crippen molar-refractivity contribution in [2.75, 3.05) is 0 Å². The van der Waals surface area contributed by atoms with Gasteiger partial charge in [-0.05, 0) is 34.4 Å². The van der Waals surface area contributed by atoms with E-state index in [1.165, 1.54) is 11.1 Å². The molecular formula is C19H16ClN. The molecule has 0 aromatic heterocycles. The normalized spacial score (nSPS) is 12.1. The van der Waals surface area contributed by atoms with Crippen molar-refractivity contribution >= 4 is 11.6 Å². The van der Waals surface area contributed by atoms with E-state index < -0.39 is 0 Å². The van der Waals surface area contributed by atoms with Gasteiger partial charge in [0.15, 0.2) is 0 Å². The average molecular weight is 294 g/mol. The van der Waals surface area contributed by atoms with Gasteiger partial charge in [0, 0.05) is 5.02 Å². The molecule has 0 amide bonds. The fourth-order valence-electron chi connectivity index (χ4n) is 2.41. The number of hydrogen-bond donors (Lipinski definition) is 1. The Hall–Kier alpha value is -2.09. The monoisotopic (exact) mass is 293 g/mol. The molecule has 0 bridgehead atoms. The lowest BCUT2D eigenvalue weighted by atomic mass is 9.97. The molecule has 104 valence electrons. The predicted molar refractivity (Wildman–Crippen MR) is 89.4 cm³/mol. The van der Waals surface area contributed by atoms with Crippen molar-refractivity contribution in [2.24, 2.45) is 5.73 Å². The van der Waals surface area contributed by atoms with Crippen molar-refractivity contribution in [1.29, 1.82) is 0 Å². The highest BCUT2D eigenvalue weighted by Crippen LogP contribution is 2.25. The Labute approximate surface area is 130 Å². The predicted octanol–water partition coefficient (Wildman–Crippen LogP) is 5.06. The van der Waals surface area contributed by atoms with E-state index in [0.29, 0.717) is 5.02 Å². The smallest absolute Gasteiger partial charge is 0.0552 e. The highest BCUT2D eigenvalue weighted by Gasteiger charge is 2.09. The van der Waals surface area contributed by atoms with Crippen LogP contribution in [0, 0.1) is 0 Å². The third-order valence-corrected chi connectivity index (χ3v) is 3.82. The molecule has 0 radical (unpaired) electrons. The molecule has 0 aliphatic rings. The quantitative estimate of drug-likeness (QED) is 0.718. The van der Waals surface area contributed by atoms with Crippen LogP contribution >= 0.6 is 11.6 Å². The fraction of sp³-hybridized carbons (Fsp3) is 0.0526. The molecule has 0 aliphatic heterocycles. The minimum absolute atomic E-state index is 0.159. The first kappa shape index (κ1) is 13.9. The lowest BCUT2D eigenvalue weighted by molar-refractivity contribution is 0.872. The fourth-order valence-corrected chi connectivity index (χ4v) is 2.60. The molecule has 21 heavy (non-hydrogen) atoms. The molecule has 0 spiro atoms. The van der Waals surface area contributed by atoms with E-state index >= 15 is 0 Å². The van der Waals surface area contributed by atoms with E-state index in [-0.39, 0.29) is 6.04 Å². The molecule has 0 heterocycles. The molecule has 0 saturated heterocycles. The standard InChI is InChI=1S/C19H16ClN/c20-18-8-4-7-17(13-18)19(21)16-11-9-15(10-12-16)14-5-2-1-3-6-14/h1-13,19H,21H2. The minimum atomic E-state index is -0.159. The van der Waals surface area contributed by atoms with Gasteiger partial charge >= 0.3 is 0 Å². The molecule has 2 N–H and O–H groups in total. The second-order valence-corrected chi connectivity index (χ2v) is 5.46. The van der Waals surface area contributed by atoms with E-state index in [9.17, 15) is 0 Å². The van der Waals surface area contributed by atoms with Crippen LogP contribution in [0.2, 0.25) is 5.02 Å². The highest BCUT2D eigenvalue weighted by molar-refractivity contribution is 6.30. The molecule has 0 aliphatic carbocycles. The maximum atomic E-state index is 6.32. The molecule has 1 atom stereocenters. The Morgan fingerprint density at radius 2 is 1.33 bits per heavy atom. The number of rotatable bonds is 3. The Kier molecular flexibility index (Phi) is 4.05. The Balaban J connectivity index is 1.87. The molecule has 3 aromatic rings.